The van der Waals surface area contributed by atoms with Gasteiger partial charge in [0.15, 0.2) is 0 Å². The number of likely N-dealkylation sites (tertiary alicyclic amines) is 1. The van der Waals surface area contributed by atoms with Gasteiger partial charge in [-0.15, -0.1) is 0 Å². The Hall–Kier alpha value is -1.06. The summed E-state index contributed by atoms with van der Waals surface area (Å²) in [6.45, 7) is 5.25. The number of β-amino-alcohol motifs (C(OH)–C–C–N with tert-alkyl or cyclic N) is 1. The predicted molar refractivity (Wildman–Crippen MR) is 82.0 cm³/mol. The molecule has 1 unspecified atom stereocenters. The molecule has 20 heavy (non-hydrogen) atoms. The van der Waals surface area contributed by atoms with Crippen molar-refractivity contribution in [1.29, 1.82) is 0 Å². The van der Waals surface area contributed by atoms with Crippen LogP contribution in [0.1, 0.15) is 44.3 Å². The van der Waals surface area contributed by atoms with Crippen molar-refractivity contribution in [3.8, 4) is 5.75 Å². The molecule has 3 nitrogen and oxygen atoms in total. The number of aliphatic hydroxyl groups is 1. The third-order valence-electron chi connectivity index (χ3n) is 4.34. The van der Waals surface area contributed by atoms with Crippen LogP contribution in [-0.2, 0) is 0 Å². The fraction of sp³-hybridized carbons (Fsp3) is 0.647. The summed E-state index contributed by atoms with van der Waals surface area (Å²) in [5, 5.41) is 10.3. The highest BCUT2D eigenvalue weighted by Gasteiger charge is 2.20. The van der Waals surface area contributed by atoms with E-state index in [0.717, 1.165) is 36.9 Å². The zero-order valence-electron chi connectivity index (χ0n) is 12.7. The largest absolute Gasteiger partial charge is 0.497 e. The molecule has 0 saturated carbocycles. The Labute approximate surface area is 122 Å². The van der Waals surface area contributed by atoms with Gasteiger partial charge in [0.25, 0.3) is 0 Å². The molecule has 1 aliphatic rings. The molecule has 1 aromatic carbocycles. The molecule has 0 amide bonds. The van der Waals surface area contributed by atoms with E-state index < -0.39 is 6.10 Å². The summed E-state index contributed by atoms with van der Waals surface area (Å²) in [5.74, 6) is 1.73. The molecule has 0 radical (unpaired) electrons. The van der Waals surface area contributed by atoms with Crippen LogP contribution >= 0.6 is 0 Å². The number of rotatable bonds is 6. The lowest BCUT2D eigenvalue weighted by Gasteiger charge is -2.33. The van der Waals surface area contributed by atoms with Crippen LogP contribution < -0.4 is 4.74 Å². The number of hydrogen-bond donors (Lipinski definition) is 1. The van der Waals surface area contributed by atoms with E-state index in [9.17, 15) is 5.11 Å². The molecule has 2 rings (SSSR count). The van der Waals surface area contributed by atoms with Crippen molar-refractivity contribution in [2.75, 3.05) is 26.7 Å². The highest BCUT2D eigenvalue weighted by molar-refractivity contribution is 5.28. The first-order chi connectivity index (χ1) is 9.72. The third-order valence-corrected chi connectivity index (χ3v) is 4.34. The summed E-state index contributed by atoms with van der Waals surface area (Å²) in [5.41, 5.74) is 0.974. The van der Waals surface area contributed by atoms with Crippen LogP contribution in [0.4, 0.5) is 0 Å². The Morgan fingerprint density at radius 1 is 1.25 bits per heavy atom. The van der Waals surface area contributed by atoms with Gasteiger partial charge in [0.1, 0.15) is 5.75 Å². The van der Waals surface area contributed by atoms with Crippen LogP contribution in [0.3, 0.4) is 0 Å². The zero-order valence-corrected chi connectivity index (χ0v) is 12.7. The molecular weight excluding hydrogens is 250 g/mol. The molecule has 1 fully saturated rings. The van der Waals surface area contributed by atoms with Crippen LogP contribution in [0, 0.1) is 5.92 Å². The van der Waals surface area contributed by atoms with E-state index in [2.05, 4.69) is 11.8 Å². The van der Waals surface area contributed by atoms with Gasteiger partial charge < -0.3 is 14.7 Å². The fourth-order valence-corrected chi connectivity index (χ4v) is 3.04. The predicted octanol–water partition coefficient (Wildman–Crippen LogP) is 3.24. The van der Waals surface area contributed by atoms with Crippen LogP contribution in [0.15, 0.2) is 24.3 Å². The second-order valence-electron chi connectivity index (χ2n) is 5.82. The number of benzene rings is 1. The van der Waals surface area contributed by atoms with Gasteiger partial charge in [-0.1, -0.05) is 31.9 Å². The normalized spacial score (nSPS) is 18.9. The molecule has 112 valence electrons. The van der Waals surface area contributed by atoms with Gasteiger partial charge in [-0.3, -0.25) is 0 Å². The van der Waals surface area contributed by atoms with Crippen molar-refractivity contribution in [3.05, 3.63) is 29.8 Å². The number of hydrogen-bond acceptors (Lipinski definition) is 3. The highest BCUT2D eigenvalue weighted by atomic mass is 16.5. The fourth-order valence-electron chi connectivity index (χ4n) is 3.04. The number of nitrogens with zero attached hydrogens (tertiary/aromatic N) is 1. The summed E-state index contributed by atoms with van der Waals surface area (Å²) >= 11 is 0. The second-order valence-corrected chi connectivity index (χ2v) is 5.82. The van der Waals surface area contributed by atoms with E-state index in [1.165, 1.54) is 25.7 Å². The monoisotopic (exact) mass is 277 g/mol. The van der Waals surface area contributed by atoms with E-state index in [1.54, 1.807) is 7.11 Å². The maximum absolute atomic E-state index is 10.3. The lowest BCUT2D eigenvalue weighted by Crippen LogP contribution is -2.36. The van der Waals surface area contributed by atoms with Gasteiger partial charge in [-0.25, -0.2) is 0 Å². The number of methoxy groups -OCH3 is 1. The molecule has 0 bridgehead atoms. The molecule has 1 aliphatic heterocycles. The zero-order chi connectivity index (χ0) is 14.4. The van der Waals surface area contributed by atoms with Crippen molar-refractivity contribution >= 4 is 0 Å². The minimum absolute atomic E-state index is 0.399. The quantitative estimate of drug-likeness (QED) is 0.866. The Morgan fingerprint density at radius 2 is 1.90 bits per heavy atom. The van der Waals surface area contributed by atoms with Crippen molar-refractivity contribution in [2.45, 2.75) is 38.7 Å². The SMILES string of the molecule is CCCC1CCN(CC(O)c2ccc(OC)cc2)CC1. The molecule has 0 aromatic heterocycles. The van der Waals surface area contributed by atoms with Gasteiger partial charge in [0, 0.05) is 6.54 Å². The first-order valence-corrected chi connectivity index (χ1v) is 7.77. The van der Waals surface area contributed by atoms with E-state index in [0.29, 0.717) is 0 Å². The van der Waals surface area contributed by atoms with Crippen LogP contribution in [0.25, 0.3) is 0 Å². The van der Waals surface area contributed by atoms with Gasteiger partial charge in [0.05, 0.1) is 13.2 Å². The van der Waals surface area contributed by atoms with Crippen LogP contribution in [0.2, 0.25) is 0 Å². The average molecular weight is 277 g/mol. The Kier molecular flexibility index (Phi) is 5.86. The maximum atomic E-state index is 10.3. The summed E-state index contributed by atoms with van der Waals surface area (Å²) in [7, 11) is 1.66. The number of piperidine rings is 1. The minimum atomic E-state index is -0.399. The lowest BCUT2D eigenvalue weighted by atomic mass is 9.92. The summed E-state index contributed by atoms with van der Waals surface area (Å²) in [6, 6.07) is 7.72. The van der Waals surface area contributed by atoms with Crippen molar-refractivity contribution < 1.29 is 9.84 Å². The molecule has 1 saturated heterocycles. The topological polar surface area (TPSA) is 32.7 Å². The average Bonchev–Trinajstić information content (AvgIpc) is 2.49. The Balaban J connectivity index is 1.81. The molecule has 1 aromatic rings. The summed E-state index contributed by atoms with van der Waals surface area (Å²) in [6.07, 6.45) is 4.81. The molecule has 0 aliphatic carbocycles. The van der Waals surface area contributed by atoms with Gasteiger partial charge in [0.2, 0.25) is 0 Å². The number of ether oxygens (including phenoxy) is 1. The first-order valence-electron chi connectivity index (χ1n) is 7.77. The van der Waals surface area contributed by atoms with E-state index in [4.69, 9.17) is 4.74 Å². The molecule has 0 spiro atoms. The smallest absolute Gasteiger partial charge is 0.118 e. The third kappa shape index (κ3) is 4.22. The molecule has 1 atom stereocenters. The standard InChI is InChI=1S/C17H27NO2/c1-3-4-14-9-11-18(12-10-14)13-17(19)15-5-7-16(20-2)8-6-15/h5-8,14,17,19H,3-4,9-13H2,1-2H3. The minimum Gasteiger partial charge on any atom is -0.497 e. The maximum Gasteiger partial charge on any atom is 0.118 e. The first kappa shape index (κ1) is 15.3. The van der Waals surface area contributed by atoms with Crippen molar-refractivity contribution in [3.63, 3.8) is 0 Å². The van der Waals surface area contributed by atoms with Gasteiger partial charge >= 0.3 is 0 Å². The van der Waals surface area contributed by atoms with Crippen molar-refractivity contribution in [1.82, 2.24) is 4.90 Å². The summed E-state index contributed by atoms with van der Waals surface area (Å²) < 4.78 is 5.14. The van der Waals surface area contributed by atoms with Crippen LogP contribution in [-0.4, -0.2) is 36.8 Å². The molecule has 1 heterocycles. The summed E-state index contributed by atoms with van der Waals surface area (Å²) in [4.78, 5) is 2.39. The molecular formula is C17H27NO2. The Bertz CT molecular complexity index is 382. The van der Waals surface area contributed by atoms with Crippen LogP contribution in [0.5, 0.6) is 5.75 Å². The molecule has 1 N–H and O–H groups in total. The van der Waals surface area contributed by atoms with Gasteiger partial charge in [-0.05, 0) is 49.5 Å². The van der Waals surface area contributed by atoms with E-state index >= 15 is 0 Å². The lowest BCUT2D eigenvalue weighted by molar-refractivity contribution is 0.0879. The van der Waals surface area contributed by atoms with E-state index in [-0.39, 0.29) is 0 Å². The van der Waals surface area contributed by atoms with E-state index in [1.807, 2.05) is 24.3 Å². The van der Waals surface area contributed by atoms with Gasteiger partial charge in [-0.2, -0.15) is 0 Å². The molecule has 3 heteroatoms. The number of aliphatic hydroxyl groups excluding tert-OH is 1. The Morgan fingerprint density at radius 3 is 2.45 bits per heavy atom. The second kappa shape index (κ2) is 7.65. The highest BCUT2D eigenvalue weighted by Crippen LogP contribution is 2.24. The van der Waals surface area contributed by atoms with Crippen molar-refractivity contribution in [2.24, 2.45) is 5.92 Å².